The molecule has 0 bridgehead atoms. The molecule has 0 atom stereocenters. The molecule has 0 heterocycles. The molecular weight excluding hydrogens is 356 g/mol. The van der Waals surface area contributed by atoms with Gasteiger partial charge in [-0.1, -0.05) is 23.8 Å². The van der Waals surface area contributed by atoms with Gasteiger partial charge in [-0.15, -0.1) is 0 Å². The van der Waals surface area contributed by atoms with Gasteiger partial charge in [0.2, 0.25) is 15.9 Å². The molecule has 0 radical (unpaired) electrons. The molecule has 2 rings (SSSR count). The minimum atomic E-state index is -3.65. The molecule has 0 aliphatic rings. The molecule has 0 aliphatic heterocycles. The highest BCUT2D eigenvalue weighted by Crippen LogP contribution is 2.18. The van der Waals surface area contributed by atoms with E-state index in [4.69, 9.17) is 0 Å². The Hall–Kier alpha value is -2.87. The first-order valence-electron chi connectivity index (χ1n) is 7.73. The number of carbonyl (C=O) groups excluding carboxylic acids is 2. The van der Waals surface area contributed by atoms with E-state index >= 15 is 0 Å². The van der Waals surface area contributed by atoms with Gasteiger partial charge in [-0.25, -0.2) is 13.2 Å². The Morgan fingerprint density at radius 2 is 1.77 bits per heavy atom. The third-order valence-electron chi connectivity index (χ3n) is 3.58. The summed E-state index contributed by atoms with van der Waals surface area (Å²) in [7, 11) is -2.38. The van der Waals surface area contributed by atoms with Crippen molar-refractivity contribution in [2.75, 3.05) is 29.5 Å². The summed E-state index contributed by atoms with van der Waals surface area (Å²) in [6.45, 7) is 1.50. The van der Waals surface area contributed by atoms with Crippen LogP contribution in [0.25, 0.3) is 0 Å². The number of anilines is 2. The number of sulfonamides is 1. The summed E-state index contributed by atoms with van der Waals surface area (Å²) in [6.07, 6.45) is 1.04. The van der Waals surface area contributed by atoms with Crippen LogP contribution in [0.5, 0.6) is 0 Å². The van der Waals surface area contributed by atoms with Crippen molar-refractivity contribution in [2.45, 2.75) is 6.92 Å². The minimum Gasteiger partial charge on any atom is -0.465 e. The molecule has 1 amide bonds. The Balaban J connectivity index is 2.18. The van der Waals surface area contributed by atoms with Gasteiger partial charge in [0.05, 0.1) is 24.6 Å². The molecule has 0 saturated carbocycles. The number of benzene rings is 2. The molecule has 2 aromatic carbocycles. The zero-order valence-corrected chi connectivity index (χ0v) is 15.5. The normalized spacial score (nSPS) is 10.9. The smallest absolute Gasteiger partial charge is 0.337 e. The van der Waals surface area contributed by atoms with E-state index in [1.165, 1.54) is 13.2 Å². The van der Waals surface area contributed by atoms with Gasteiger partial charge in [0, 0.05) is 5.69 Å². The highest BCUT2D eigenvalue weighted by atomic mass is 32.2. The fourth-order valence-electron chi connectivity index (χ4n) is 2.28. The lowest BCUT2D eigenvalue weighted by Gasteiger charge is -2.22. The SMILES string of the molecule is COC(=O)c1cccc(NC(=O)CN(c2ccc(C)cc2)S(C)(=O)=O)c1. The van der Waals surface area contributed by atoms with Crippen molar-refractivity contribution in [3.63, 3.8) is 0 Å². The first kappa shape index (κ1) is 19.5. The zero-order chi connectivity index (χ0) is 19.3. The van der Waals surface area contributed by atoms with Gasteiger partial charge in [-0.3, -0.25) is 9.10 Å². The maximum atomic E-state index is 12.3. The third kappa shape index (κ3) is 5.06. The number of amides is 1. The maximum absolute atomic E-state index is 12.3. The first-order valence-corrected chi connectivity index (χ1v) is 9.58. The molecule has 2 aromatic rings. The van der Waals surface area contributed by atoms with E-state index in [0.717, 1.165) is 16.1 Å². The number of carbonyl (C=O) groups is 2. The number of hydrogen-bond acceptors (Lipinski definition) is 5. The molecule has 1 N–H and O–H groups in total. The van der Waals surface area contributed by atoms with Crippen LogP contribution < -0.4 is 9.62 Å². The largest absolute Gasteiger partial charge is 0.465 e. The van der Waals surface area contributed by atoms with E-state index in [9.17, 15) is 18.0 Å². The van der Waals surface area contributed by atoms with E-state index < -0.39 is 21.9 Å². The quantitative estimate of drug-likeness (QED) is 0.780. The van der Waals surface area contributed by atoms with Crippen LogP contribution in [-0.4, -0.2) is 40.2 Å². The van der Waals surface area contributed by atoms with Gasteiger partial charge < -0.3 is 10.1 Å². The Morgan fingerprint density at radius 3 is 2.35 bits per heavy atom. The van der Waals surface area contributed by atoms with Crippen molar-refractivity contribution >= 4 is 33.3 Å². The maximum Gasteiger partial charge on any atom is 0.337 e. The first-order chi connectivity index (χ1) is 12.2. The summed E-state index contributed by atoms with van der Waals surface area (Å²) in [5, 5.41) is 2.59. The molecular formula is C18H20N2O5S. The van der Waals surface area contributed by atoms with Crippen LogP contribution >= 0.6 is 0 Å². The molecule has 0 aromatic heterocycles. The van der Waals surface area contributed by atoms with E-state index in [-0.39, 0.29) is 12.1 Å². The number of rotatable bonds is 6. The van der Waals surface area contributed by atoms with Gasteiger partial charge in [0.15, 0.2) is 0 Å². The van der Waals surface area contributed by atoms with Gasteiger partial charge in [-0.2, -0.15) is 0 Å². The predicted molar refractivity (Wildman–Crippen MR) is 99.8 cm³/mol. The second-order valence-electron chi connectivity index (χ2n) is 5.73. The fraction of sp³-hybridized carbons (Fsp3) is 0.222. The molecule has 138 valence electrons. The molecule has 0 fully saturated rings. The second kappa shape index (κ2) is 8.01. The summed E-state index contributed by atoms with van der Waals surface area (Å²) < 4.78 is 29.8. The number of methoxy groups -OCH3 is 1. The molecule has 7 nitrogen and oxygen atoms in total. The Kier molecular flexibility index (Phi) is 5.99. The Labute approximate surface area is 152 Å². The third-order valence-corrected chi connectivity index (χ3v) is 4.72. The van der Waals surface area contributed by atoms with Crippen molar-refractivity contribution in [1.29, 1.82) is 0 Å². The summed E-state index contributed by atoms with van der Waals surface area (Å²) >= 11 is 0. The van der Waals surface area contributed by atoms with Crippen molar-refractivity contribution < 1.29 is 22.7 Å². The predicted octanol–water partition coefficient (Wildman–Crippen LogP) is 2.19. The number of esters is 1. The molecule has 0 saturated heterocycles. The fourth-order valence-corrected chi connectivity index (χ4v) is 3.14. The number of hydrogen-bond donors (Lipinski definition) is 1. The summed E-state index contributed by atoms with van der Waals surface area (Å²) in [4.78, 5) is 23.9. The summed E-state index contributed by atoms with van der Waals surface area (Å²) in [5.41, 5.74) is 2.03. The average Bonchev–Trinajstić information content (AvgIpc) is 2.59. The van der Waals surface area contributed by atoms with Gasteiger partial charge in [-0.05, 0) is 37.3 Å². The van der Waals surface area contributed by atoms with Crippen LogP contribution in [-0.2, 0) is 19.6 Å². The van der Waals surface area contributed by atoms with E-state index in [1.54, 1.807) is 42.5 Å². The topological polar surface area (TPSA) is 92.8 Å². The van der Waals surface area contributed by atoms with Crippen LogP contribution in [0, 0.1) is 6.92 Å². The summed E-state index contributed by atoms with van der Waals surface area (Å²) in [5.74, 6) is -1.06. The molecule has 0 unspecified atom stereocenters. The molecule has 26 heavy (non-hydrogen) atoms. The minimum absolute atomic E-state index is 0.281. The second-order valence-corrected chi connectivity index (χ2v) is 7.63. The van der Waals surface area contributed by atoms with Crippen molar-refractivity contribution in [1.82, 2.24) is 0 Å². The van der Waals surface area contributed by atoms with Crippen molar-refractivity contribution in [3.05, 3.63) is 59.7 Å². The van der Waals surface area contributed by atoms with E-state index in [2.05, 4.69) is 10.1 Å². The highest BCUT2D eigenvalue weighted by molar-refractivity contribution is 7.92. The monoisotopic (exact) mass is 376 g/mol. The Morgan fingerprint density at radius 1 is 1.12 bits per heavy atom. The molecule has 0 spiro atoms. The van der Waals surface area contributed by atoms with Crippen LogP contribution in [0.1, 0.15) is 15.9 Å². The van der Waals surface area contributed by atoms with Crippen LogP contribution in [0.2, 0.25) is 0 Å². The zero-order valence-electron chi connectivity index (χ0n) is 14.7. The van der Waals surface area contributed by atoms with E-state index in [1.807, 2.05) is 6.92 Å². The Bertz CT molecular complexity index is 907. The molecule has 0 aliphatic carbocycles. The highest BCUT2D eigenvalue weighted by Gasteiger charge is 2.21. The number of aryl methyl sites for hydroxylation is 1. The van der Waals surface area contributed by atoms with Gasteiger partial charge >= 0.3 is 5.97 Å². The summed E-state index contributed by atoms with van der Waals surface area (Å²) in [6, 6.07) is 13.0. The standard InChI is InChI=1S/C18H20N2O5S/c1-13-7-9-16(10-8-13)20(26(3,23)24)12-17(21)19-15-6-4-5-14(11-15)18(22)25-2/h4-11H,12H2,1-3H3,(H,19,21). The average molecular weight is 376 g/mol. The van der Waals surface area contributed by atoms with E-state index in [0.29, 0.717) is 11.4 Å². The van der Waals surface area contributed by atoms with Crippen LogP contribution in [0.4, 0.5) is 11.4 Å². The van der Waals surface area contributed by atoms with Crippen LogP contribution in [0.15, 0.2) is 48.5 Å². The number of ether oxygens (including phenoxy) is 1. The number of nitrogens with one attached hydrogen (secondary N) is 1. The molecule has 8 heteroatoms. The van der Waals surface area contributed by atoms with Gasteiger partial charge in [0.25, 0.3) is 0 Å². The van der Waals surface area contributed by atoms with Crippen molar-refractivity contribution in [2.24, 2.45) is 0 Å². The lowest BCUT2D eigenvalue weighted by molar-refractivity contribution is -0.114. The lowest BCUT2D eigenvalue weighted by atomic mass is 10.2. The number of nitrogens with zero attached hydrogens (tertiary/aromatic N) is 1. The lowest BCUT2D eigenvalue weighted by Crippen LogP contribution is -2.37. The van der Waals surface area contributed by atoms with Crippen molar-refractivity contribution in [3.8, 4) is 0 Å². The van der Waals surface area contributed by atoms with Crippen LogP contribution in [0.3, 0.4) is 0 Å². The van der Waals surface area contributed by atoms with Gasteiger partial charge in [0.1, 0.15) is 6.54 Å².